The molecule has 0 aromatic heterocycles. The number of fused-ring (bicyclic) bond motifs is 1. The van der Waals surface area contributed by atoms with Crippen molar-refractivity contribution < 1.29 is 9.53 Å². The number of hydrogen-bond donors (Lipinski definition) is 0. The predicted molar refractivity (Wildman–Crippen MR) is 96.4 cm³/mol. The van der Waals surface area contributed by atoms with Crippen molar-refractivity contribution >= 4 is 39.1 Å². The number of amides is 1. The van der Waals surface area contributed by atoms with Gasteiger partial charge in [0.2, 0.25) is 5.91 Å². The molecule has 1 aliphatic heterocycles. The van der Waals surface area contributed by atoms with E-state index in [1.54, 1.807) is 12.1 Å². The quantitative estimate of drug-likeness (QED) is 0.678. The van der Waals surface area contributed by atoms with E-state index in [9.17, 15) is 4.79 Å². The first-order valence-corrected chi connectivity index (χ1v) is 8.78. The summed E-state index contributed by atoms with van der Waals surface area (Å²) in [4.78, 5) is 14.1. The van der Waals surface area contributed by atoms with Crippen molar-refractivity contribution in [2.45, 2.75) is 19.3 Å². The van der Waals surface area contributed by atoms with E-state index < -0.39 is 0 Å². The summed E-state index contributed by atoms with van der Waals surface area (Å²) in [5, 5.41) is 0.694. The zero-order valence-corrected chi connectivity index (χ0v) is 14.9. The first-order valence-electron chi connectivity index (χ1n) is 7.60. The van der Waals surface area contributed by atoms with Crippen LogP contribution in [0.1, 0.15) is 18.4 Å². The Morgan fingerprint density at radius 2 is 1.91 bits per heavy atom. The van der Waals surface area contributed by atoms with Crippen LogP contribution in [0.25, 0.3) is 0 Å². The van der Waals surface area contributed by atoms with E-state index in [0.29, 0.717) is 24.6 Å². The predicted octanol–water partition coefficient (Wildman–Crippen LogP) is 4.85. The lowest BCUT2D eigenvalue weighted by Crippen LogP contribution is -2.36. The van der Waals surface area contributed by atoms with E-state index in [0.717, 1.165) is 28.8 Å². The summed E-state index contributed by atoms with van der Waals surface area (Å²) in [6, 6.07) is 13.4. The number of carbonyl (C=O) groups is 1. The molecule has 0 radical (unpaired) electrons. The highest BCUT2D eigenvalue weighted by molar-refractivity contribution is 9.10. The highest BCUT2D eigenvalue weighted by atomic mass is 79.9. The summed E-state index contributed by atoms with van der Waals surface area (Å²) in [5.41, 5.74) is 2.24. The Morgan fingerprint density at radius 3 is 2.70 bits per heavy atom. The zero-order chi connectivity index (χ0) is 16.2. The normalized spacial score (nSPS) is 13.8. The van der Waals surface area contributed by atoms with Gasteiger partial charge in [-0.15, -0.1) is 0 Å². The van der Waals surface area contributed by atoms with Crippen LogP contribution < -0.4 is 9.64 Å². The van der Waals surface area contributed by atoms with Gasteiger partial charge in [-0.1, -0.05) is 27.5 Å². The Hall–Kier alpha value is -1.52. The third-order valence-electron chi connectivity index (χ3n) is 3.85. The van der Waals surface area contributed by atoms with Crippen molar-refractivity contribution in [2.24, 2.45) is 0 Å². The fraction of sp³-hybridized carbons (Fsp3) is 0.278. The van der Waals surface area contributed by atoms with Gasteiger partial charge in [-0.3, -0.25) is 4.79 Å². The molecular formula is C18H17BrClNO2. The fourth-order valence-corrected chi connectivity index (χ4v) is 3.25. The number of benzene rings is 2. The van der Waals surface area contributed by atoms with Gasteiger partial charge in [0.25, 0.3) is 0 Å². The molecule has 1 aliphatic rings. The van der Waals surface area contributed by atoms with Crippen molar-refractivity contribution in [3.05, 3.63) is 57.5 Å². The van der Waals surface area contributed by atoms with Crippen molar-refractivity contribution in [1.82, 2.24) is 0 Å². The summed E-state index contributed by atoms with van der Waals surface area (Å²) in [5.74, 6) is 0.981. The molecule has 3 rings (SSSR count). The maximum absolute atomic E-state index is 12.2. The Bertz CT molecular complexity index is 703. The first-order chi connectivity index (χ1) is 11.1. The highest BCUT2D eigenvalue weighted by Gasteiger charge is 2.23. The summed E-state index contributed by atoms with van der Waals surface area (Å²) in [6.07, 6.45) is 2.16. The summed E-state index contributed by atoms with van der Waals surface area (Å²) in [6.45, 7) is 1.23. The summed E-state index contributed by atoms with van der Waals surface area (Å²) in [7, 11) is 0. The molecule has 120 valence electrons. The Morgan fingerprint density at radius 1 is 1.13 bits per heavy atom. The summed E-state index contributed by atoms with van der Waals surface area (Å²) < 4.78 is 6.74. The van der Waals surface area contributed by atoms with Gasteiger partial charge in [0.1, 0.15) is 5.75 Å². The molecule has 1 heterocycles. The molecule has 0 aliphatic carbocycles. The molecule has 2 aromatic rings. The van der Waals surface area contributed by atoms with Crippen LogP contribution in [-0.2, 0) is 11.2 Å². The Balaban J connectivity index is 1.57. The molecule has 0 bridgehead atoms. The third-order valence-corrected chi connectivity index (χ3v) is 4.60. The van der Waals surface area contributed by atoms with E-state index in [1.165, 1.54) is 5.56 Å². The number of rotatable bonds is 5. The third kappa shape index (κ3) is 4.06. The smallest absolute Gasteiger partial charge is 0.227 e. The average Bonchev–Trinajstić information content (AvgIpc) is 2.55. The number of nitrogens with zero attached hydrogens (tertiary/aromatic N) is 1. The van der Waals surface area contributed by atoms with Crippen LogP contribution in [0.15, 0.2) is 46.9 Å². The number of carbonyl (C=O) groups excluding carboxylic acids is 1. The minimum atomic E-state index is 0.186. The molecule has 1 amide bonds. The second kappa shape index (κ2) is 7.37. The van der Waals surface area contributed by atoms with E-state index >= 15 is 0 Å². The molecule has 3 nitrogen and oxygen atoms in total. The topological polar surface area (TPSA) is 29.5 Å². The molecular weight excluding hydrogens is 378 g/mol. The zero-order valence-electron chi connectivity index (χ0n) is 12.6. The minimum Gasteiger partial charge on any atom is -0.494 e. The van der Waals surface area contributed by atoms with Gasteiger partial charge < -0.3 is 9.64 Å². The average molecular weight is 395 g/mol. The van der Waals surface area contributed by atoms with Crippen molar-refractivity contribution in [3.63, 3.8) is 0 Å². The molecule has 0 fully saturated rings. The van der Waals surface area contributed by atoms with Gasteiger partial charge in [0, 0.05) is 28.1 Å². The van der Waals surface area contributed by atoms with Gasteiger partial charge in [-0.25, -0.2) is 0 Å². The molecule has 0 atom stereocenters. The number of hydrogen-bond acceptors (Lipinski definition) is 2. The largest absolute Gasteiger partial charge is 0.494 e. The Kier molecular flexibility index (Phi) is 5.23. The van der Waals surface area contributed by atoms with Crippen molar-refractivity contribution in [2.75, 3.05) is 18.1 Å². The van der Waals surface area contributed by atoms with Crippen LogP contribution in [0.5, 0.6) is 5.75 Å². The SMILES string of the molecule is O=C1CCc2cc(Br)ccc2N1CCCOc1ccc(Cl)cc1. The number of halogens is 2. The molecule has 0 saturated heterocycles. The molecule has 23 heavy (non-hydrogen) atoms. The second-order valence-corrected chi connectivity index (χ2v) is 6.83. The van der Waals surface area contributed by atoms with Crippen LogP contribution in [0, 0.1) is 0 Å². The molecule has 2 aromatic carbocycles. The fourth-order valence-electron chi connectivity index (χ4n) is 2.72. The first kappa shape index (κ1) is 16.3. The second-order valence-electron chi connectivity index (χ2n) is 5.47. The molecule has 0 saturated carbocycles. The van der Waals surface area contributed by atoms with Crippen LogP contribution in [-0.4, -0.2) is 19.1 Å². The lowest BCUT2D eigenvalue weighted by Gasteiger charge is -2.29. The monoisotopic (exact) mass is 393 g/mol. The minimum absolute atomic E-state index is 0.186. The van der Waals surface area contributed by atoms with Crippen molar-refractivity contribution in [1.29, 1.82) is 0 Å². The lowest BCUT2D eigenvalue weighted by molar-refractivity contribution is -0.118. The van der Waals surface area contributed by atoms with E-state index in [-0.39, 0.29) is 5.91 Å². The molecule has 5 heteroatoms. The van der Waals surface area contributed by atoms with Crippen LogP contribution in [0.2, 0.25) is 5.02 Å². The van der Waals surface area contributed by atoms with Gasteiger partial charge >= 0.3 is 0 Å². The van der Waals surface area contributed by atoms with E-state index in [1.807, 2.05) is 29.2 Å². The van der Waals surface area contributed by atoms with Gasteiger partial charge in [-0.05, 0) is 60.9 Å². The van der Waals surface area contributed by atoms with E-state index in [4.69, 9.17) is 16.3 Å². The lowest BCUT2D eigenvalue weighted by atomic mass is 10.0. The Labute approximate surface area is 149 Å². The maximum Gasteiger partial charge on any atom is 0.227 e. The number of aryl methyl sites for hydroxylation is 1. The number of anilines is 1. The van der Waals surface area contributed by atoms with Gasteiger partial charge in [-0.2, -0.15) is 0 Å². The van der Waals surface area contributed by atoms with Crippen LogP contribution in [0.4, 0.5) is 5.69 Å². The summed E-state index contributed by atoms with van der Waals surface area (Å²) >= 11 is 9.33. The molecule has 0 spiro atoms. The molecule has 0 N–H and O–H groups in total. The van der Waals surface area contributed by atoms with Gasteiger partial charge in [0.05, 0.1) is 6.61 Å². The van der Waals surface area contributed by atoms with Gasteiger partial charge in [0.15, 0.2) is 0 Å². The standard InChI is InChI=1S/C18H17BrClNO2/c19-14-3-8-17-13(12-14)2-9-18(22)21(17)10-1-11-23-16-6-4-15(20)5-7-16/h3-8,12H,1-2,9-11H2. The molecule has 0 unspecified atom stereocenters. The van der Waals surface area contributed by atoms with Crippen LogP contribution in [0.3, 0.4) is 0 Å². The maximum atomic E-state index is 12.2. The number of ether oxygens (including phenoxy) is 1. The van der Waals surface area contributed by atoms with Crippen LogP contribution >= 0.6 is 27.5 Å². The van der Waals surface area contributed by atoms with E-state index in [2.05, 4.69) is 22.0 Å². The van der Waals surface area contributed by atoms with Crippen molar-refractivity contribution in [3.8, 4) is 5.75 Å². The highest BCUT2D eigenvalue weighted by Crippen LogP contribution is 2.30.